The molecule has 0 radical (unpaired) electrons. The van der Waals surface area contributed by atoms with Gasteiger partial charge in [0.2, 0.25) is 0 Å². The molecule has 1 aromatic carbocycles. The Hall–Kier alpha value is -1.03. The van der Waals surface area contributed by atoms with Gasteiger partial charge in [-0.05, 0) is 38.5 Å². The van der Waals surface area contributed by atoms with Crippen LogP contribution >= 0.6 is 15.9 Å². The Morgan fingerprint density at radius 3 is 2.65 bits per heavy atom. The van der Waals surface area contributed by atoms with E-state index in [4.69, 9.17) is 4.74 Å². The molecule has 0 aliphatic carbocycles. The van der Waals surface area contributed by atoms with E-state index in [0.717, 1.165) is 11.3 Å². The standard InChI is InChI=1S/C13H18BrNO2/c1-9-5-6-10(7-11(9)17-4)12(16)15-13(2,3)8-14/h5-7H,8H2,1-4H3,(H,15,16). The van der Waals surface area contributed by atoms with Crippen LogP contribution in [0.25, 0.3) is 0 Å². The van der Waals surface area contributed by atoms with E-state index in [1.165, 1.54) is 0 Å². The van der Waals surface area contributed by atoms with E-state index in [1.807, 2.05) is 26.8 Å². The van der Waals surface area contributed by atoms with Crippen LogP contribution in [-0.4, -0.2) is 23.9 Å². The molecule has 0 heterocycles. The third-order valence-corrected chi connectivity index (χ3v) is 3.86. The van der Waals surface area contributed by atoms with E-state index in [1.54, 1.807) is 19.2 Å². The van der Waals surface area contributed by atoms with Gasteiger partial charge in [-0.3, -0.25) is 4.79 Å². The number of alkyl halides is 1. The SMILES string of the molecule is COc1cc(C(=O)NC(C)(C)CBr)ccc1C. The molecule has 0 fully saturated rings. The zero-order valence-corrected chi connectivity index (χ0v) is 12.2. The van der Waals surface area contributed by atoms with Crippen LogP contribution in [0.3, 0.4) is 0 Å². The van der Waals surface area contributed by atoms with Gasteiger partial charge < -0.3 is 10.1 Å². The highest BCUT2D eigenvalue weighted by Gasteiger charge is 2.20. The summed E-state index contributed by atoms with van der Waals surface area (Å²) in [7, 11) is 1.60. The number of carbonyl (C=O) groups excluding carboxylic acids is 1. The Labute approximate surface area is 111 Å². The first kappa shape index (κ1) is 14.0. The molecule has 0 saturated heterocycles. The lowest BCUT2D eigenvalue weighted by Gasteiger charge is -2.23. The summed E-state index contributed by atoms with van der Waals surface area (Å²) in [6.45, 7) is 5.87. The van der Waals surface area contributed by atoms with E-state index in [9.17, 15) is 4.79 Å². The van der Waals surface area contributed by atoms with Gasteiger partial charge in [0, 0.05) is 16.4 Å². The van der Waals surface area contributed by atoms with Crippen molar-refractivity contribution in [1.82, 2.24) is 5.32 Å². The van der Waals surface area contributed by atoms with Crippen LogP contribution in [0.2, 0.25) is 0 Å². The van der Waals surface area contributed by atoms with Crippen molar-refractivity contribution in [2.24, 2.45) is 0 Å². The van der Waals surface area contributed by atoms with E-state index in [2.05, 4.69) is 21.2 Å². The normalized spacial score (nSPS) is 11.1. The smallest absolute Gasteiger partial charge is 0.251 e. The van der Waals surface area contributed by atoms with Crippen molar-refractivity contribution in [2.75, 3.05) is 12.4 Å². The molecule has 1 amide bonds. The van der Waals surface area contributed by atoms with Crippen LogP contribution in [-0.2, 0) is 0 Å². The second-order valence-corrected chi connectivity index (χ2v) is 5.22. The van der Waals surface area contributed by atoms with Crippen LogP contribution in [0.4, 0.5) is 0 Å². The maximum atomic E-state index is 12.0. The molecule has 94 valence electrons. The molecule has 0 aromatic heterocycles. The Morgan fingerprint density at radius 1 is 1.47 bits per heavy atom. The van der Waals surface area contributed by atoms with Crippen LogP contribution < -0.4 is 10.1 Å². The van der Waals surface area contributed by atoms with Gasteiger partial charge in [-0.1, -0.05) is 22.0 Å². The van der Waals surface area contributed by atoms with Crippen molar-refractivity contribution < 1.29 is 9.53 Å². The second kappa shape index (κ2) is 5.54. The Bertz CT molecular complexity index is 416. The number of ether oxygens (including phenoxy) is 1. The fraction of sp³-hybridized carbons (Fsp3) is 0.462. The summed E-state index contributed by atoms with van der Waals surface area (Å²) in [4.78, 5) is 12.0. The van der Waals surface area contributed by atoms with E-state index < -0.39 is 0 Å². The molecule has 1 aromatic rings. The Balaban J connectivity index is 2.90. The first-order chi connectivity index (χ1) is 7.89. The van der Waals surface area contributed by atoms with Crippen molar-refractivity contribution >= 4 is 21.8 Å². The number of nitrogens with one attached hydrogen (secondary N) is 1. The number of rotatable bonds is 4. The molecule has 0 saturated carbocycles. The van der Waals surface area contributed by atoms with Gasteiger partial charge in [0.05, 0.1) is 7.11 Å². The van der Waals surface area contributed by atoms with Gasteiger partial charge >= 0.3 is 0 Å². The molecule has 3 nitrogen and oxygen atoms in total. The Morgan fingerprint density at radius 2 is 2.12 bits per heavy atom. The van der Waals surface area contributed by atoms with Crippen molar-refractivity contribution in [2.45, 2.75) is 26.3 Å². The summed E-state index contributed by atoms with van der Waals surface area (Å²) in [5, 5.41) is 3.65. The molecule has 17 heavy (non-hydrogen) atoms. The first-order valence-corrected chi connectivity index (χ1v) is 6.55. The van der Waals surface area contributed by atoms with Crippen molar-refractivity contribution in [3.63, 3.8) is 0 Å². The minimum Gasteiger partial charge on any atom is -0.496 e. The second-order valence-electron chi connectivity index (χ2n) is 4.66. The molecule has 0 spiro atoms. The molecule has 0 atom stereocenters. The zero-order chi connectivity index (χ0) is 13.1. The number of hydrogen-bond acceptors (Lipinski definition) is 2. The lowest BCUT2D eigenvalue weighted by atomic mass is 10.1. The highest BCUT2D eigenvalue weighted by Crippen LogP contribution is 2.19. The summed E-state index contributed by atoms with van der Waals surface area (Å²) >= 11 is 3.37. The van der Waals surface area contributed by atoms with E-state index >= 15 is 0 Å². The van der Waals surface area contributed by atoms with Crippen LogP contribution in [0.5, 0.6) is 5.75 Å². The lowest BCUT2D eigenvalue weighted by molar-refractivity contribution is 0.0921. The fourth-order valence-electron chi connectivity index (χ4n) is 1.37. The van der Waals surface area contributed by atoms with Crippen LogP contribution in [0, 0.1) is 6.92 Å². The maximum absolute atomic E-state index is 12.0. The third-order valence-electron chi connectivity index (χ3n) is 2.46. The predicted molar refractivity (Wildman–Crippen MR) is 73.1 cm³/mol. The van der Waals surface area contributed by atoms with Gasteiger partial charge in [0.15, 0.2) is 0 Å². The summed E-state index contributed by atoms with van der Waals surface area (Å²) in [5.41, 5.74) is 1.36. The molecule has 4 heteroatoms. The molecular weight excluding hydrogens is 282 g/mol. The monoisotopic (exact) mass is 299 g/mol. The van der Waals surface area contributed by atoms with Crippen LogP contribution in [0.1, 0.15) is 29.8 Å². The number of benzene rings is 1. The van der Waals surface area contributed by atoms with Crippen molar-refractivity contribution in [3.05, 3.63) is 29.3 Å². The fourth-order valence-corrected chi connectivity index (χ4v) is 1.51. The quantitative estimate of drug-likeness (QED) is 0.868. The van der Waals surface area contributed by atoms with Gasteiger partial charge in [-0.25, -0.2) is 0 Å². The first-order valence-electron chi connectivity index (χ1n) is 5.43. The van der Waals surface area contributed by atoms with Crippen LogP contribution in [0.15, 0.2) is 18.2 Å². The number of methoxy groups -OCH3 is 1. The minimum atomic E-state index is -0.269. The number of halogens is 1. The topological polar surface area (TPSA) is 38.3 Å². The van der Waals surface area contributed by atoms with E-state index in [-0.39, 0.29) is 11.4 Å². The third kappa shape index (κ3) is 3.73. The molecular formula is C13H18BrNO2. The number of hydrogen-bond donors (Lipinski definition) is 1. The van der Waals surface area contributed by atoms with Crippen molar-refractivity contribution in [1.29, 1.82) is 0 Å². The predicted octanol–water partition coefficient (Wildman–Crippen LogP) is 2.91. The minimum absolute atomic E-state index is 0.0900. The molecule has 0 unspecified atom stereocenters. The molecule has 1 N–H and O–H groups in total. The van der Waals surface area contributed by atoms with Gasteiger partial charge in [-0.2, -0.15) is 0 Å². The summed E-state index contributed by atoms with van der Waals surface area (Å²) < 4.78 is 5.20. The Kier molecular flexibility index (Phi) is 4.57. The molecule has 0 bridgehead atoms. The lowest BCUT2D eigenvalue weighted by Crippen LogP contribution is -2.44. The number of carbonyl (C=O) groups is 1. The largest absolute Gasteiger partial charge is 0.496 e. The van der Waals surface area contributed by atoms with E-state index in [0.29, 0.717) is 10.9 Å². The number of amides is 1. The zero-order valence-electron chi connectivity index (χ0n) is 10.6. The summed E-state index contributed by atoms with van der Waals surface area (Å²) in [6, 6.07) is 5.45. The summed E-state index contributed by atoms with van der Waals surface area (Å²) in [6.07, 6.45) is 0. The average molecular weight is 300 g/mol. The van der Waals surface area contributed by atoms with Gasteiger partial charge in [-0.15, -0.1) is 0 Å². The molecule has 0 aliphatic heterocycles. The molecule has 0 aliphatic rings. The average Bonchev–Trinajstić information content (AvgIpc) is 2.29. The molecule has 1 rings (SSSR count). The van der Waals surface area contributed by atoms with Gasteiger partial charge in [0.1, 0.15) is 5.75 Å². The number of aryl methyl sites for hydroxylation is 1. The summed E-state index contributed by atoms with van der Waals surface area (Å²) in [5.74, 6) is 0.641. The van der Waals surface area contributed by atoms with Crippen molar-refractivity contribution in [3.8, 4) is 5.75 Å². The highest BCUT2D eigenvalue weighted by molar-refractivity contribution is 9.09. The van der Waals surface area contributed by atoms with Gasteiger partial charge in [0.25, 0.3) is 5.91 Å². The highest BCUT2D eigenvalue weighted by atomic mass is 79.9. The maximum Gasteiger partial charge on any atom is 0.251 e.